The third-order valence-corrected chi connectivity index (χ3v) is 7.88. The van der Waals surface area contributed by atoms with Gasteiger partial charge in [0.2, 0.25) is 0 Å². The van der Waals surface area contributed by atoms with Crippen LogP contribution >= 0.6 is 0 Å². The molecule has 4 rings (SSSR count). The summed E-state index contributed by atoms with van der Waals surface area (Å²) in [6, 6.07) is 0. The van der Waals surface area contributed by atoms with Crippen LogP contribution in [-0.2, 0) is 9.59 Å². The van der Waals surface area contributed by atoms with Crippen molar-refractivity contribution in [2.24, 2.45) is 34.5 Å². The van der Waals surface area contributed by atoms with Gasteiger partial charge < -0.3 is 0 Å². The van der Waals surface area contributed by atoms with E-state index in [2.05, 4.69) is 20.8 Å². The monoisotopic (exact) mass is 300 g/mol. The summed E-state index contributed by atoms with van der Waals surface area (Å²) in [5, 5.41) is 0. The minimum atomic E-state index is 0.220. The number of allylic oxidation sites excluding steroid dienone is 1. The van der Waals surface area contributed by atoms with Gasteiger partial charge in [-0.3, -0.25) is 9.59 Å². The first-order valence-corrected chi connectivity index (χ1v) is 9.09. The molecule has 2 nitrogen and oxygen atoms in total. The molecule has 0 bridgehead atoms. The maximum Gasteiger partial charge on any atom is 0.155 e. The number of fused-ring (bicyclic) bond motifs is 5. The predicted octanol–water partition coefficient (Wildman–Crippen LogP) is 4.33. The highest BCUT2D eigenvalue weighted by Gasteiger charge is 2.59. The minimum absolute atomic E-state index is 0.220. The molecule has 22 heavy (non-hydrogen) atoms. The molecular weight excluding hydrogens is 272 g/mol. The van der Waals surface area contributed by atoms with E-state index in [1.807, 2.05) is 6.08 Å². The topological polar surface area (TPSA) is 34.1 Å². The second kappa shape index (κ2) is 4.55. The van der Waals surface area contributed by atoms with E-state index >= 15 is 0 Å². The zero-order valence-corrected chi connectivity index (χ0v) is 14.2. The molecule has 3 saturated carbocycles. The molecule has 6 atom stereocenters. The third-order valence-electron chi connectivity index (χ3n) is 7.88. The first-order chi connectivity index (χ1) is 10.3. The molecule has 2 heteroatoms. The number of rotatable bonds is 0. The quantitative estimate of drug-likeness (QED) is 0.667. The standard InChI is InChI=1S/C20H28O2/c1-12-8-13-9-14(21)4-7-20(13,3)16-5-6-19(2)11-15(22)10-17(19)18(12)16/h9,12,16-18H,4-8,10-11H2,1-3H3/t12-,16?,17?,18?,19+,20-/m0/s1. The lowest BCUT2D eigenvalue weighted by atomic mass is 9.45. The number of carbonyl (C=O) groups excluding carboxylic acids is 2. The highest BCUT2D eigenvalue weighted by atomic mass is 16.1. The second-order valence-corrected chi connectivity index (χ2v) is 9.14. The summed E-state index contributed by atoms with van der Waals surface area (Å²) < 4.78 is 0. The average Bonchev–Trinajstić information content (AvgIpc) is 2.75. The van der Waals surface area contributed by atoms with Crippen LogP contribution < -0.4 is 0 Å². The molecular formula is C20H28O2. The smallest absolute Gasteiger partial charge is 0.155 e. The molecule has 3 unspecified atom stereocenters. The minimum Gasteiger partial charge on any atom is -0.300 e. The van der Waals surface area contributed by atoms with Crippen LogP contribution in [0.2, 0.25) is 0 Å². The van der Waals surface area contributed by atoms with Gasteiger partial charge in [0.1, 0.15) is 5.78 Å². The lowest BCUT2D eigenvalue weighted by Crippen LogP contribution is -2.52. The highest BCUT2D eigenvalue weighted by Crippen LogP contribution is 2.65. The lowest BCUT2D eigenvalue weighted by molar-refractivity contribution is -0.118. The van der Waals surface area contributed by atoms with E-state index in [0.717, 1.165) is 32.1 Å². The Hall–Kier alpha value is -0.920. The summed E-state index contributed by atoms with van der Waals surface area (Å²) in [5.74, 6) is 3.39. The van der Waals surface area contributed by atoms with Crippen molar-refractivity contribution < 1.29 is 9.59 Å². The Morgan fingerprint density at radius 3 is 2.64 bits per heavy atom. The number of Topliss-reactive ketones (excluding diaryl/α,β-unsaturated/α-hetero) is 1. The van der Waals surface area contributed by atoms with E-state index in [4.69, 9.17) is 0 Å². The van der Waals surface area contributed by atoms with Crippen molar-refractivity contribution in [2.75, 3.05) is 0 Å². The molecule has 120 valence electrons. The van der Waals surface area contributed by atoms with Gasteiger partial charge in [-0.1, -0.05) is 26.3 Å². The first kappa shape index (κ1) is 14.7. The predicted molar refractivity (Wildman–Crippen MR) is 86.3 cm³/mol. The van der Waals surface area contributed by atoms with Gasteiger partial charge in [-0.15, -0.1) is 0 Å². The Balaban J connectivity index is 1.75. The SMILES string of the molecule is C[C@H]1CC2=CC(=O)CC[C@]2(C)C2CC[C@]3(C)CC(=O)CC3C21. The number of ketones is 2. The summed E-state index contributed by atoms with van der Waals surface area (Å²) in [4.78, 5) is 24.0. The van der Waals surface area contributed by atoms with E-state index in [1.165, 1.54) is 18.4 Å². The average molecular weight is 300 g/mol. The molecule has 0 amide bonds. The molecule has 0 N–H and O–H groups in total. The molecule has 4 aliphatic carbocycles. The van der Waals surface area contributed by atoms with Crippen LogP contribution in [-0.4, -0.2) is 11.6 Å². The normalized spacial score (nSPS) is 51.0. The maximum absolute atomic E-state index is 12.1. The van der Waals surface area contributed by atoms with Crippen LogP contribution in [0.25, 0.3) is 0 Å². The van der Waals surface area contributed by atoms with Gasteiger partial charge in [0.15, 0.2) is 5.78 Å². The Kier molecular flexibility index (Phi) is 3.03. The van der Waals surface area contributed by atoms with Crippen molar-refractivity contribution in [1.82, 2.24) is 0 Å². The molecule has 0 aromatic carbocycles. The van der Waals surface area contributed by atoms with Gasteiger partial charge in [0, 0.05) is 19.3 Å². The van der Waals surface area contributed by atoms with Crippen LogP contribution in [0.4, 0.5) is 0 Å². The van der Waals surface area contributed by atoms with Gasteiger partial charge in [-0.05, 0) is 66.3 Å². The number of hydrogen-bond donors (Lipinski definition) is 0. The van der Waals surface area contributed by atoms with Crippen molar-refractivity contribution >= 4 is 11.6 Å². The summed E-state index contributed by atoms with van der Waals surface area (Å²) in [6.07, 6.45) is 8.88. The lowest BCUT2D eigenvalue weighted by Gasteiger charge is -2.59. The molecule has 0 heterocycles. The third kappa shape index (κ3) is 1.85. The zero-order chi connectivity index (χ0) is 15.7. The summed E-state index contributed by atoms with van der Waals surface area (Å²) in [7, 11) is 0. The van der Waals surface area contributed by atoms with Crippen molar-refractivity contribution in [1.29, 1.82) is 0 Å². The van der Waals surface area contributed by atoms with Gasteiger partial charge >= 0.3 is 0 Å². The van der Waals surface area contributed by atoms with E-state index in [0.29, 0.717) is 35.2 Å². The van der Waals surface area contributed by atoms with Crippen LogP contribution in [0.1, 0.15) is 65.7 Å². The van der Waals surface area contributed by atoms with Gasteiger partial charge in [-0.2, -0.15) is 0 Å². The van der Waals surface area contributed by atoms with Crippen molar-refractivity contribution in [3.63, 3.8) is 0 Å². The van der Waals surface area contributed by atoms with Crippen LogP contribution in [0.5, 0.6) is 0 Å². The van der Waals surface area contributed by atoms with Crippen molar-refractivity contribution in [3.05, 3.63) is 11.6 Å². The summed E-state index contributed by atoms with van der Waals surface area (Å²) in [5.41, 5.74) is 1.90. The Bertz CT molecular complexity index is 574. The molecule has 0 aromatic rings. The Labute approximate surface area is 133 Å². The van der Waals surface area contributed by atoms with Crippen molar-refractivity contribution in [2.45, 2.75) is 65.7 Å². The molecule has 0 aliphatic heterocycles. The molecule has 3 fully saturated rings. The van der Waals surface area contributed by atoms with E-state index < -0.39 is 0 Å². The summed E-state index contributed by atoms with van der Waals surface area (Å²) >= 11 is 0. The Morgan fingerprint density at radius 1 is 1.09 bits per heavy atom. The van der Waals surface area contributed by atoms with E-state index in [-0.39, 0.29) is 10.8 Å². The molecule has 0 saturated heterocycles. The van der Waals surface area contributed by atoms with Gasteiger partial charge in [0.25, 0.3) is 0 Å². The molecule has 0 radical (unpaired) electrons. The fourth-order valence-corrected chi connectivity index (χ4v) is 6.69. The fourth-order valence-electron chi connectivity index (χ4n) is 6.69. The van der Waals surface area contributed by atoms with Crippen LogP contribution in [0, 0.1) is 34.5 Å². The molecule has 0 spiro atoms. The van der Waals surface area contributed by atoms with Crippen LogP contribution in [0.15, 0.2) is 11.6 Å². The largest absolute Gasteiger partial charge is 0.300 e. The summed E-state index contributed by atoms with van der Waals surface area (Å²) in [6.45, 7) is 7.14. The second-order valence-electron chi connectivity index (χ2n) is 9.14. The van der Waals surface area contributed by atoms with E-state index in [9.17, 15) is 9.59 Å². The van der Waals surface area contributed by atoms with Crippen molar-refractivity contribution in [3.8, 4) is 0 Å². The van der Waals surface area contributed by atoms with Gasteiger partial charge in [-0.25, -0.2) is 0 Å². The van der Waals surface area contributed by atoms with Crippen LogP contribution in [0.3, 0.4) is 0 Å². The van der Waals surface area contributed by atoms with E-state index in [1.54, 1.807) is 0 Å². The number of hydrogen-bond acceptors (Lipinski definition) is 2. The Morgan fingerprint density at radius 2 is 1.86 bits per heavy atom. The zero-order valence-electron chi connectivity index (χ0n) is 14.2. The molecule has 0 aromatic heterocycles. The fraction of sp³-hybridized carbons (Fsp3) is 0.800. The van der Waals surface area contributed by atoms with Gasteiger partial charge in [0.05, 0.1) is 0 Å². The molecule has 4 aliphatic rings. The highest BCUT2D eigenvalue weighted by molar-refractivity contribution is 5.91. The number of carbonyl (C=O) groups is 2. The first-order valence-electron chi connectivity index (χ1n) is 9.09. The maximum atomic E-state index is 12.1.